The van der Waals surface area contributed by atoms with E-state index in [1.807, 2.05) is 58.6 Å². The molecule has 0 N–H and O–H groups in total. The van der Waals surface area contributed by atoms with Gasteiger partial charge in [-0.25, -0.2) is 9.37 Å². The molecular formula is C25H20FN3O2S. The standard InChI is InChI=1S/C25H20FN3O2S/c1-16-23(19-11-12-32-15-19)24(30)29-14-22(17-7-9-20(31-2)10-8-17)27-25(29)28(16)13-18-5-3-4-6-21(18)26/h3-12,14-15H,13H2,1-2H3. The number of benzene rings is 2. The molecule has 0 radical (unpaired) electrons. The van der Waals surface area contributed by atoms with Gasteiger partial charge >= 0.3 is 0 Å². The van der Waals surface area contributed by atoms with Crippen LogP contribution < -0.4 is 10.3 Å². The molecule has 5 nitrogen and oxygen atoms in total. The molecule has 0 fully saturated rings. The maximum Gasteiger partial charge on any atom is 0.267 e. The van der Waals surface area contributed by atoms with Crippen molar-refractivity contribution < 1.29 is 9.13 Å². The van der Waals surface area contributed by atoms with Gasteiger partial charge in [0.05, 0.1) is 24.9 Å². The van der Waals surface area contributed by atoms with E-state index in [2.05, 4.69) is 0 Å². The van der Waals surface area contributed by atoms with Crippen LogP contribution in [-0.2, 0) is 6.54 Å². The van der Waals surface area contributed by atoms with Crippen LogP contribution in [0, 0.1) is 12.7 Å². The Hall–Kier alpha value is -3.71. The quantitative estimate of drug-likeness (QED) is 0.364. The normalized spacial score (nSPS) is 11.2. The summed E-state index contributed by atoms with van der Waals surface area (Å²) in [6.45, 7) is 2.15. The van der Waals surface area contributed by atoms with Crippen molar-refractivity contribution in [3.8, 4) is 28.1 Å². The number of fused-ring (bicyclic) bond motifs is 1. The van der Waals surface area contributed by atoms with Crippen LogP contribution in [0.1, 0.15) is 11.3 Å². The number of aromatic nitrogens is 3. The summed E-state index contributed by atoms with van der Waals surface area (Å²) in [5.41, 5.74) is 4.10. The average Bonchev–Trinajstić information content (AvgIpc) is 3.49. The van der Waals surface area contributed by atoms with Gasteiger partial charge in [-0.2, -0.15) is 11.3 Å². The highest BCUT2D eigenvalue weighted by Gasteiger charge is 2.19. The van der Waals surface area contributed by atoms with E-state index in [9.17, 15) is 9.18 Å². The minimum atomic E-state index is -0.289. The molecule has 0 saturated carbocycles. The second-order valence-electron chi connectivity index (χ2n) is 7.48. The highest BCUT2D eigenvalue weighted by Crippen LogP contribution is 2.27. The van der Waals surface area contributed by atoms with Crippen LogP contribution >= 0.6 is 11.3 Å². The molecule has 5 aromatic rings. The van der Waals surface area contributed by atoms with E-state index in [-0.39, 0.29) is 17.9 Å². The molecular weight excluding hydrogens is 425 g/mol. The van der Waals surface area contributed by atoms with Gasteiger partial charge in [-0.05, 0) is 59.6 Å². The number of thiophene rings is 1. The molecule has 2 aromatic carbocycles. The van der Waals surface area contributed by atoms with E-state index in [0.29, 0.717) is 22.6 Å². The highest BCUT2D eigenvalue weighted by atomic mass is 32.1. The van der Waals surface area contributed by atoms with Gasteiger partial charge in [0.25, 0.3) is 5.56 Å². The second-order valence-corrected chi connectivity index (χ2v) is 8.26. The topological polar surface area (TPSA) is 48.5 Å². The molecule has 0 aliphatic heterocycles. The summed E-state index contributed by atoms with van der Waals surface area (Å²) in [4.78, 5) is 18.3. The minimum absolute atomic E-state index is 0.145. The predicted molar refractivity (Wildman–Crippen MR) is 125 cm³/mol. The Kier molecular flexibility index (Phi) is 5.11. The third-order valence-corrected chi connectivity index (χ3v) is 6.29. The van der Waals surface area contributed by atoms with Crippen molar-refractivity contribution in [3.05, 3.63) is 99.0 Å². The summed E-state index contributed by atoms with van der Waals surface area (Å²) < 4.78 is 23.2. The average molecular weight is 446 g/mol. The largest absolute Gasteiger partial charge is 0.497 e. The Balaban J connectivity index is 1.76. The van der Waals surface area contributed by atoms with Crippen molar-refractivity contribution in [1.29, 1.82) is 0 Å². The van der Waals surface area contributed by atoms with Gasteiger partial charge in [-0.1, -0.05) is 18.2 Å². The Labute approximate surface area is 188 Å². The monoisotopic (exact) mass is 445 g/mol. The van der Waals surface area contributed by atoms with Crippen molar-refractivity contribution in [2.45, 2.75) is 13.5 Å². The lowest BCUT2D eigenvalue weighted by atomic mass is 10.1. The highest BCUT2D eigenvalue weighted by molar-refractivity contribution is 7.08. The van der Waals surface area contributed by atoms with Crippen LogP contribution in [0.15, 0.2) is 76.3 Å². The van der Waals surface area contributed by atoms with Gasteiger partial charge in [-0.3, -0.25) is 9.20 Å². The molecule has 0 bridgehead atoms. The van der Waals surface area contributed by atoms with Gasteiger partial charge in [0.15, 0.2) is 0 Å². The zero-order valence-electron chi connectivity index (χ0n) is 17.6. The van der Waals surface area contributed by atoms with Crippen molar-refractivity contribution in [2.24, 2.45) is 0 Å². The summed E-state index contributed by atoms with van der Waals surface area (Å²) in [5, 5.41) is 3.89. The number of rotatable bonds is 5. The second kappa shape index (κ2) is 8.09. The smallest absolute Gasteiger partial charge is 0.267 e. The first-order valence-corrected chi connectivity index (χ1v) is 11.0. The number of ether oxygens (including phenoxy) is 1. The number of imidazole rings is 1. The molecule has 0 aliphatic rings. The Morgan fingerprint density at radius 3 is 2.53 bits per heavy atom. The van der Waals surface area contributed by atoms with Crippen LogP contribution in [0.3, 0.4) is 0 Å². The Morgan fingerprint density at radius 1 is 1.06 bits per heavy atom. The maximum absolute atomic E-state index is 14.5. The first-order valence-electron chi connectivity index (χ1n) is 10.1. The summed E-state index contributed by atoms with van der Waals surface area (Å²) in [5.74, 6) is 0.926. The third-order valence-electron chi connectivity index (χ3n) is 5.61. The minimum Gasteiger partial charge on any atom is -0.497 e. The van der Waals surface area contributed by atoms with E-state index in [1.165, 1.54) is 17.4 Å². The number of halogens is 1. The molecule has 0 aliphatic carbocycles. The van der Waals surface area contributed by atoms with E-state index in [0.717, 1.165) is 22.6 Å². The van der Waals surface area contributed by atoms with Crippen molar-refractivity contribution in [2.75, 3.05) is 7.11 Å². The fraction of sp³-hybridized carbons (Fsp3) is 0.120. The number of hydrogen-bond donors (Lipinski definition) is 0. The fourth-order valence-electron chi connectivity index (χ4n) is 3.90. The molecule has 160 valence electrons. The van der Waals surface area contributed by atoms with E-state index in [4.69, 9.17) is 9.72 Å². The fourth-order valence-corrected chi connectivity index (χ4v) is 4.54. The molecule has 3 heterocycles. The van der Waals surface area contributed by atoms with Gasteiger partial charge in [0, 0.05) is 23.0 Å². The first-order chi connectivity index (χ1) is 15.6. The predicted octanol–water partition coefficient (Wildman–Crippen LogP) is 5.40. The molecule has 3 aromatic heterocycles. The summed E-state index contributed by atoms with van der Waals surface area (Å²) in [6, 6.07) is 16.1. The Bertz CT molecular complexity index is 1470. The first kappa shape index (κ1) is 20.2. The molecule has 0 amide bonds. The molecule has 7 heteroatoms. The van der Waals surface area contributed by atoms with Crippen LogP contribution in [0.2, 0.25) is 0 Å². The van der Waals surface area contributed by atoms with E-state index < -0.39 is 0 Å². The summed E-state index contributed by atoms with van der Waals surface area (Å²) in [6.07, 6.45) is 1.74. The maximum atomic E-state index is 14.5. The van der Waals surface area contributed by atoms with Gasteiger partial charge in [0.2, 0.25) is 5.78 Å². The molecule has 32 heavy (non-hydrogen) atoms. The zero-order valence-corrected chi connectivity index (χ0v) is 18.4. The lowest BCUT2D eigenvalue weighted by molar-refractivity contribution is 0.415. The molecule has 0 spiro atoms. The van der Waals surface area contributed by atoms with Crippen LogP contribution in [0.25, 0.3) is 28.2 Å². The van der Waals surface area contributed by atoms with Crippen molar-refractivity contribution in [3.63, 3.8) is 0 Å². The summed E-state index contributed by atoms with van der Waals surface area (Å²) >= 11 is 1.53. The number of nitrogens with zero attached hydrogens (tertiary/aromatic N) is 3. The third kappa shape index (κ3) is 3.40. The van der Waals surface area contributed by atoms with Crippen LogP contribution in [0.4, 0.5) is 4.39 Å². The molecule has 0 atom stereocenters. The zero-order chi connectivity index (χ0) is 22.2. The lowest BCUT2D eigenvalue weighted by Gasteiger charge is -2.16. The van der Waals surface area contributed by atoms with Gasteiger partial charge < -0.3 is 9.30 Å². The van der Waals surface area contributed by atoms with Crippen LogP contribution in [-0.4, -0.2) is 21.1 Å². The van der Waals surface area contributed by atoms with E-state index >= 15 is 0 Å². The van der Waals surface area contributed by atoms with E-state index in [1.54, 1.807) is 29.8 Å². The molecule has 0 saturated heterocycles. The molecule has 5 rings (SSSR count). The van der Waals surface area contributed by atoms with Crippen molar-refractivity contribution >= 4 is 17.1 Å². The number of methoxy groups -OCH3 is 1. The van der Waals surface area contributed by atoms with Gasteiger partial charge in [-0.15, -0.1) is 0 Å². The Morgan fingerprint density at radius 2 is 1.84 bits per heavy atom. The lowest BCUT2D eigenvalue weighted by Crippen LogP contribution is -2.23. The van der Waals surface area contributed by atoms with Crippen molar-refractivity contribution in [1.82, 2.24) is 14.0 Å². The SMILES string of the molecule is COc1ccc(-c2cn3c(=O)c(-c4ccsc4)c(C)n(Cc4ccccc4F)c3n2)cc1. The van der Waals surface area contributed by atoms with Gasteiger partial charge in [0.1, 0.15) is 11.6 Å². The molecule has 0 unspecified atom stereocenters. The number of hydrogen-bond acceptors (Lipinski definition) is 4. The summed E-state index contributed by atoms with van der Waals surface area (Å²) in [7, 11) is 1.62. The van der Waals surface area contributed by atoms with Crippen LogP contribution in [0.5, 0.6) is 5.75 Å².